The molecule has 0 aliphatic heterocycles. The van der Waals surface area contributed by atoms with E-state index in [-0.39, 0.29) is 19.7 Å². The lowest BCUT2D eigenvalue weighted by Crippen LogP contribution is -2.46. The van der Waals surface area contributed by atoms with Crippen LogP contribution in [-0.2, 0) is 0 Å². The highest BCUT2D eigenvalue weighted by atomic mass is 19.0. The quantitative estimate of drug-likeness (QED) is 0.709. The zero-order chi connectivity index (χ0) is 7.65. The Kier molecular flexibility index (Phi) is 13.9. The van der Waals surface area contributed by atoms with Crippen LogP contribution < -0.4 is 5.73 Å². The minimum Gasteiger partial charge on any atom is -0.325 e. The first-order valence-electron chi connectivity index (χ1n) is 3.68. The molecular weight excluding hydrogens is 167 g/mol. The Bertz CT molecular complexity index is 82.3. The molecule has 0 aromatic carbocycles. The molecule has 0 aliphatic carbocycles. The first-order valence-corrected chi connectivity index (χ1v) is 3.68. The Morgan fingerprint density at radius 3 is 1.00 bits per heavy atom. The lowest BCUT2D eigenvalue weighted by molar-refractivity contribution is 0.250. The number of hydrogen-bond donors (Lipinski definition) is 1. The molecular formula is C8H22F3N. The second kappa shape index (κ2) is 7.40. The topological polar surface area (TPSA) is 26.0 Å². The highest BCUT2D eigenvalue weighted by molar-refractivity contribution is 4.84. The Morgan fingerprint density at radius 2 is 1.00 bits per heavy atom. The van der Waals surface area contributed by atoms with Gasteiger partial charge in [-0.1, -0.05) is 27.7 Å². The van der Waals surface area contributed by atoms with Gasteiger partial charge < -0.3 is 5.73 Å². The minimum absolute atomic E-state index is 0. The van der Waals surface area contributed by atoms with Crippen molar-refractivity contribution in [1.29, 1.82) is 0 Å². The summed E-state index contributed by atoms with van der Waals surface area (Å²) in [7, 11) is 0. The van der Waals surface area contributed by atoms with Gasteiger partial charge in [0.15, 0.2) is 0 Å². The summed E-state index contributed by atoms with van der Waals surface area (Å²) in [5.41, 5.74) is 6.00. The summed E-state index contributed by atoms with van der Waals surface area (Å²) in [5.74, 6) is 1.13. The van der Waals surface area contributed by atoms with Crippen molar-refractivity contribution in [3.8, 4) is 0 Å². The third-order valence-electron chi connectivity index (χ3n) is 2.49. The number of halogens is 3. The Hall–Kier alpha value is -0.250. The fourth-order valence-electron chi connectivity index (χ4n) is 0.667. The third kappa shape index (κ3) is 5.41. The maximum atomic E-state index is 6.00. The van der Waals surface area contributed by atoms with Gasteiger partial charge in [-0.05, 0) is 18.8 Å². The molecule has 1 nitrogen and oxygen atoms in total. The SMILES string of the molecule is CC(C)C(C)(N)C(C)C.F.F.F. The Morgan fingerprint density at radius 1 is 0.833 bits per heavy atom. The number of nitrogens with two attached hydrogens (primary N) is 1. The van der Waals surface area contributed by atoms with Crippen molar-refractivity contribution >= 4 is 0 Å². The molecule has 0 aliphatic rings. The summed E-state index contributed by atoms with van der Waals surface area (Å²) >= 11 is 0. The van der Waals surface area contributed by atoms with Crippen molar-refractivity contribution in [1.82, 2.24) is 0 Å². The van der Waals surface area contributed by atoms with E-state index >= 15 is 0 Å². The summed E-state index contributed by atoms with van der Waals surface area (Å²) in [6, 6.07) is 0. The predicted molar refractivity (Wildman–Crippen MR) is 49.8 cm³/mol. The van der Waals surface area contributed by atoms with E-state index in [4.69, 9.17) is 5.73 Å². The molecule has 0 amide bonds. The molecule has 0 aromatic rings. The van der Waals surface area contributed by atoms with Gasteiger partial charge in [-0.2, -0.15) is 0 Å². The first kappa shape index (κ1) is 22.6. The Labute approximate surface area is 72.8 Å². The summed E-state index contributed by atoms with van der Waals surface area (Å²) < 4.78 is 0. The molecule has 0 spiro atoms. The highest BCUT2D eigenvalue weighted by Gasteiger charge is 2.26. The van der Waals surface area contributed by atoms with Gasteiger partial charge in [0.1, 0.15) is 0 Å². The average Bonchev–Trinajstić information content (AvgIpc) is 1.65. The standard InChI is InChI=1S/C8H19N.3FH/c1-6(2)8(5,9)7(3)4;;;/h6-7H,9H2,1-5H3;3*1H. The number of rotatable bonds is 2. The molecule has 0 radical (unpaired) electrons. The van der Waals surface area contributed by atoms with E-state index in [2.05, 4.69) is 34.6 Å². The summed E-state index contributed by atoms with van der Waals surface area (Å²) in [6.45, 7) is 10.8. The van der Waals surface area contributed by atoms with Crippen molar-refractivity contribution < 1.29 is 14.1 Å². The van der Waals surface area contributed by atoms with Crippen molar-refractivity contribution in [3.63, 3.8) is 0 Å². The summed E-state index contributed by atoms with van der Waals surface area (Å²) in [5, 5.41) is 0. The molecule has 0 unspecified atom stereocenters. The fraction of sp³-hybridized carbons (Fsp3) is 1.00. The third-order valence-corrected chi connectivity index (χ3v) is 2.49. The van der Waals surface area contributed by atoms with Gasteiger partial charge in [0.2, 0.25) is 0 Å². The molecule has 12 heavy (non-hydrogen) atoms. The van der Waals surface area contributed by atoms with Crippen molar-refractivity contribution in [3.05, 3.63) is 0 Å². The predicted octanol–water partition coefficient (Wildman–Crippen LogP) is 2.47. The van der Waals surface area contributed by atoms with Gasteiger partial charge in [0.05, 0.1) is 0 Å². The van der Waals surface area contributed by atoms with E-state index in [0.717, 1.165) is 0 Å². The van der Waals surface area contributed by atoms with Crippen LogP contribution >= 0.6 is 0 Å². The summed E-state index contributed by atoms with van der Waals surface area (Å²) in [6.07, 6.45) is 0. The van der Waals surface area contributed by atoms with Crippen molar-refractivity contribution in [2.75, 3.05) is 0 Å². The molecule has 0 saturated heterocycles. The largest absolute Gasteiger partial charge is 0.325 e. The molecule has 80 valence electrons. The van der Waals surface area contributed by atoms with Crippen LogP contribution in [-0.4, -0.2) is 5.54 Å². The van der Waals surface area contributed by atoms with Gasteiger partial charge in [0, 0.05) is 5.54 Å². The van der Waals surface area contributed by atoms with Gasteiger partial charge in [0.25, 0.3) is 0 Å². The fourth-order valence-corrected chi connectivity index (χ4v) is 0.667. The molecule has 0 saturated carbocycles. The maximum Gasteiger partial charge on any atom is 0.0172 e. The molecule has 4 heteroatoms. The van der Waals surface area contributed by atoms with Gasteiger partial charge >= 0.3 is 0 Å². The summed E-state index contributed by atoms with van der Waals surface area (Å²) in [4.78, 5) is 0. The van der Waals surface area contributed by atoms with Crippen LogP contribution in [0.4, 0.5) is 14.1 Å². The van der Waals surface area contributed by atoms with Gasteiger partial charge in [-0.25, -0.2) is 0 Å². The van der Waals surface area contributed by atoms with E-state index in [9.17, 15) is 0 Å². The first-order chi connectivity index (χ1) is 3.89. The van der Waals surface area contributed by atoms with Crippen LogP contribution in [0.3, 0.4) is 0 Å². The molecule has 0 aromatic heterocycles. The number of hydrogen-bond acceptors (Lipinski definition) is 1. The highest BCUT2D eigenvalue weighted by Crippen LogP contribution is 2.21. The van der Waals surface area contributed by atoms with Crippen LogP contribution in [0.1, 0.15) is 34.6 Å². The van der Waals surface area contributed by atoms with Gasteiger partial charge in [-0.3, -0.25) is 14.1 Å². The molecule has 0 heterocycles. The second-order valence-corrected chi connectivity index (χ2v) is 3.68. The minimum atomic E-state index is 0. The van der Waals surface area contributed by atoms with Crippen LogP contribution in [0, 0.1) is 11.8 Å². The van der Waals surface area contributed by atoms with E-state index in [1.54, 1.807) is 0 Å². The zero-order valence-corrected chi connectivity index (χ0v) is 8.46. The maximum absolute atomic E-state index is 6.00. The van der Waals surface area contributed by atoms with Crippen LogP contribution in [0.2, 0.25) is 0 Å². The van der Waals surface area contributed by atoms with Crippen molar-refractivity contribution in [2.24, 2.45) is 17.6 Å². The van der Waals surface area contributed by atoms with Crippen molar-refractivity contribution in [2.45, 2.75) is 40.2 Å². The molecule has 0 rings (SSSR count). The average molecular weight is 189 g/mol. The van der Waals surface area contributed by atoms with E-state index < -0.39 is 0 Å². The van der Waals surface area contributed by atoms with Crippen LogP contribution in [0.5, 0.6) is 0 Å². The molecule has 0 fully saturated rings. The van der Waals surface area contributed by atoms with Crippen LogP contribution in [0.15, 0.2) is 0 Å². The van der Waals surface area contributed by atoms with E-state index in [1.807, 2.05) is 0 Å². The normalized spacial score (nSPS) is 10.0. The molecule has 0 bridgehead atoms. The lowest BCUT2D eigenvalue weighted by Gasteiger charge is -2.33. The monoisotopic (exact) mass is 189 g/mol. The smallest absolute Gasteiger partial charge is 0.0172 e. The van der Waals surface area contributed by atoms with E-state index in [1.165, 1.54) is 0 Å². The Balaban J connectivity index is -0.000000107. The molecule has 0 atom stereocenters. The second-order valence-electron chi connectivity index (χ2n) is 3.68. The lowest BCUT2D eigenvalue weighted by atomic mass is 9.80. The van der Waals surface area contributed by atoms with Crippen LogP contribution in [0.25, 0.3) is 0 Å². The van der Waals surface area contributed by atoms with Gasteiger partial charge in [-0.15, -0.1) is 0 Å². The zero-order valence-electron chi connectivity index (χ0n) is 8.46. The van der Waals surface area contributed by atoms with E-state index in [0.29, 0.717) is 11.8 Å². The molecule has 2 N–H and O–H groups in total.